The molecule has 1 aliphatic carbocycles. The maximum absolute atomic E-state index is 13.4. The van der Waals surface area contributed by atoms with Gasteiger partial charge in [-0.2, -0.15) is 0 Å². The van der Waals surface area contributed by atoms with Crippen LogP contribution < -0.4 is 5.32 Å². The van der Waals surface area contributed by atoms with E-state index in [1.807, 2.05) is 0 Å². The Bertz CT molecular complexity index is 1300. The van der Waals surface area contributed by atoms with Crippen LogP contribution in [0.3, 0.4) is 0 Å². The number of aliphatic imine (C=N–C) groups is 1. The molecule has 3 aliphatic rings. The average Bonchev–Trinajstić information content (AvgIpc) is 2.87. The number of β-lactam (4-membered cyclic amide) rings is 1. The Morgan fingerprint density at radius 3 is 2.53 bits per heavy atom. The number of nitrogens with zero attached hydrogens (tertiary/aromatic N) is 2. The number of methoxy groups -OCH3 is 1. The molecule has 11 nitrogen and oxygen atoms in total. The number of ketones is 1. The van der Waals surface area contributed by atoms with Crippen LogP contribution in [-0.2, 0) is 28.7 Å². The summed E-state index contributed by atoms with van der Waals surface area (Å²) in [6.45, 7) is 0. The second kappa shape index (κ2) is 9.78. The van der Waals surface area contributed by atoms with Crippen LogP contribution in [-0.4, -0.2) is 69.6 Å². The number of nitrogens with one attached hydrogen (secondary N) is 1. The highest BCUT2D eigenvalue weighted by atomic mass is 35.5. The minimum absolute atomic E-state index is 0.0521. The van der Waals surface area contributed by atoms with E-state index >= 15 is 0 Å². The zero-order chi connectivity index (χ0) is 26.1. The number of amides is 2. The molecular weight excluding hydrogens is 494 g/mol. The molecule has 2 heterocycles. The largest absolute Gasteiger partial charge is 0.507 e. The number of halogens is 1. The van der Waals surface area contributed by atoms with Gasteiger partial charge in [-0.3, -0.25) is 24.3 Å². The van der Waals surface area contributed by atoms with Gasteiger partial charge >= 0.3 is 11.9 Å². The molecule has 0 spiro atoms. The summed E-state index contributed by atoms with van der Waals surface area (Å²) < 4.78 is 4.65. The molecule has 1 aromatic carbocycles. The number of aliphatic carboxylic acids is 1. The molecule has 1 aromatic rings. The summed E-state index contributed by atoms with van der Waals surface area (Å²) in [6, 6.07) is 5.07. The fourth-order valence-corrected chi connectivity index (χ4v) is 4.57. The first-order valence-electron chi connectivity index (χ1n) is 10.8. The van der Waals surface area contributed by atoms with Crippen LogP contribution in [0.2, 0.25) is 0 Å². The minimum Gasteiger partial charge on any atom is -0.507 e. The number of carbonyl (C=O) groups excluding carboxylic acids is 4. The summed E-state index contributed by atoms with van der Waals surface area (Å²) in [5.74, 6) is -5.06. The van der Waals surface area contributed by atoms with E-state index in [9.17, 15) is 34.2 Å². The van der Waals surface area contributed by atoms with Crippen molar-refractivity contribution in [3.63, 3.8) is 0 Å². The molecule has 2 aliphatic heterocycles. The van der Waals surface area contributed by atoms with Crippen LogP contribution in [0.4, 0.5) is 0 Å². The predicted octanol–water partition coefficient (Wildman–Crippen LogP) is 1.32. The Kier molecular flexibility index (Phi) is 6.75. The third-order valence-electron chi connectivity index (χ3n) is 6.01. The summed E-state index contributed by atoms with van der Waals surface area (Å²) in [5.41, 5.74) is -0.947. The molecule has 0 saturated carbocycles. The number of carbonyl (C=O) groups is 5. The van der Waals surface area contributed by atoms with Gasteiger partial charge < -0.3 is 20.3 Å². The van der Waals surface area contributed by atoms with E-state index in [2.05, 4.69) is 15.0 Å². The number of ether oxygens (including phenoxy) is 1. The van der Waals surface area contributed by atoms with Crippen molar-refractivity contribution in [2.75, 3.05) is 7.11 Å². The number of allylic oxidation sites excluding steroid dienone is 3. The smallest absolute Gasteiger partial charge is 0.353 e. The summed E-state index contributed by atoms with van der Waals surface area (Å²) >= 11 is 6.01. The summed E-state index contributed by atoms with van der Waals surface area (Å²) in [7, 11) is 1.06. The molecule has 186 valence electrons. The number of aliphatic hydroxyl groups is 1. The number of rotatable bonds is 6. The van der Waals surface area contributed by atoms with Gasteiger partial charge in [0.05, 0.1) is 13.2 Å². The van der Waals surface area contributed by atoms with Crippen molar-refractivity contribution >= 4 is 46.8 Å². The third-order valence-corrected chi connectivity index (χ3v) is 6.38. The van der Waals surface area contributed by atoms with E-state index in [0.717, 1.165) is 24.2 Å². The van der Waals surface area contributed by atoms with Gasteiger partial charge in [-0.1, -0.05) is 41.9 Å². The van der Waals surface area contributed by atoms with E-state index in [4.69, 9.17) is 11.6 Å². The van der Waals surface area contributed by atoms with Gasteiger partial charge in [0.2, 0.25) is 11.7 Å². The van der Waals surface area contributed by atoms with E-state index < -0.39 is 64.7 Å². The van der Waals surface area contributed by atoms with Crippen molar-refractivity contribution in [3.05, 3.63) is 70.1 Å². The lowest BCUT2D eigenvalue weighted by molar-refractivity contribution is -0.156. The fraction of sp³-hybridized carbons (Fsp3) is 0.250. The number of carboxylic acid groups (broad SMARTS) is 1. The predicted molar refractivity (Wildman–Crippen MR) is 125 cm³/mol. The Labute approximate surface area is 209 Å². The van der Waals surface area contributed by atoms with Crippen molar-refractivity contribution in [3.8, 4) is 0 Å². The number of hydrogen-bond donors (Lipinski definition) is 3. The topological polar surface area (TPSA) is 163 Å². The highest BCUT2D eigenvalue weighted by Crippen LogP contribution is 2.38. The van der Waals surface area contributed by atoms with Gasteiger partial charge in [0.25, 0.3) is 5.91 Å². The van der Waals surface area contributed by atoms with Gasteiger partial charge in [-0.05, 0) is 30.6 Å². The number of benzene rings is 1. The molecule has 0 unspecified atom stereocenters. The van der Waals surface area contributed by atoms with E-state index in [0.29, 0.717) is 12.0 Å². The number of esters is 1. The third kappa shape index (κ3) is 4.29. The Balaban J connectivity index is 1.67. The van der Waals surface area contributed by atoms with Gasteiger partial charge in [-0.25, -0.2) is 9.59 Å². The SMILES string of the molecule is COC(=O)C1=C(O)C=CC(=O)C1=N[C@@H](C(=O)N[C@@H]1C(=O)N2C(C(=O)O)=C(Cl)CC[C@H]12)c1ccccc1. The van der Waals surface area contributed by atoms with Gasteiger partial charge in [0, 0.05) is 5.03 Å². The van der Waals surface area contributed by atoms with Crippen molar-refractivity contribution in [1.29, 1.82) is 0 Å². The van der Waals surface area contributed by atoms with Crippen molar-refractivity contribution in [1.82, 2.24) is 10.2 Å². The number of aliphatic hydroxyl groups excluding tert-OH is 1. The van der Waals surface area contributed by atoms with Gasteiger partial charge in [0.1, 0.15) is 28.8 Å². The molecule has 3 atom stereocenters. The molecule has 1 saturated heterocycles. The van der Waals surface area contributed by atoms with Crippen molar-refractivity contribution in [2.24, 2.45) is 4.99 Å². The minimum atomic E-state index is -1.38. The highest BCUT2D eigenvalue weighted by molar-refractivity contribution is 6.55. The van der Waals surface area contributed by atoms with Gasteiger partial charge in [0.15, 0.2) is 6.04 Å². The van der Waals surface area contributed by atoms with Crippen LogP contribution in [0.15, 0.2) is 69.5 Å². The molecule has 0 bridgehead atoms. The van der Waals surface area contributed by atoms with Crippen LogP contribution in [0.5, 0.6) is 0 Å². The Morgan fingerprint density at radius 1 is 1.19 bits per heavy atom. The number of carboxylic acids is 1. The molecular formula is C24H20ClN3O8. The molecule has 12 heteroatoms. The Morgan fingerprint density at radius 2 is 1.89 bits per heavy atom. The highest BCUT2D eigenvalue weighted by Gasteiger charge is 2.53. The maximum atomic E-state index is 13.4. The zero-order valence-corrected chi connectivity index (χ0v) is 19.6. The molecule has 2 amide bonds. The first-order valence-corrected chi connectivity index (χ1v) is 11.2. The lowest BCUT2D eigenvalue weighted by Gasteiger charge is -2.49. The first kappa shape index (κ1) is 24.9. The average molecular weight is 514 g/mol. The van der Waals surface area contributed by atoms with E-state index in [1.165, 1.54) is 0 Å². The van der Waals surface area contributed by atoms with Crippen LogP contribution in [0.25, 0.3) is 0 Å². The van der Waals surface area contributed by atoms with Crippen LogP contribution >= 0.6 is 11.6 Å². The summed E-state index contributed by atoms with van der Waals surface area (Å²) in [5, 5.41) is 22.2. The standard InChI is InChI=1S/C24H20ClN3O8/c1-36-24(35)16-14(29)9-10-15(30)19(16)26-17(11-5-3-2-4-6-11)21(31)27-18-13-8-7-12(25)20(23(33)34)28(13)22(18)32/h2-6,9-10,13,17-18,29H,7-8H2,1H3,(H,27,31)(H,33,34)/t13-,17-,18+/m1/s1. The van der Waals surface area contributed by atoms with E-state index in [-0.39, 0.29) is 17.2 Å². The lowest BCUT2D eigenvalue weighted by atomic mass is 9.86. The van der Waals surface area contributed by atoms with Crippen molar-refractivity contribution < 1.29 is 38.9 Å². The monoisotopic (exact) mass is 513 g/mol. The van der Waals surface area contributed by atoms with Crippen LogP contribution in [0, 0.1) is 0 Å². The molecule has 4 rings (SSSR count). The maximum Gasteiger partial charge on any atom is 0.353 e. The quantitative estimate of drug-likeness (QED) is 0.291. The van der Waals surface area contributed by atoms with E-state index in [1.54, 1.807) is 30.3 Å². The zero-order valence-electron chi connectivity index (χ0n) is 18.8. The second-order valence-corrected chi connectivity index (χ2v) is 8.56. The van der Waals surface area contributed by atoms with Crippen molar-refractivity contribution in [2.45, 2.75) is 31.0 Å². The molecule has 1 fully saturated rings. The van der Waals surface area contributed by atoms with Crippen LogP contribution in [0.1, 0.15) is 24.4 Å². The number of fused-ring (bicyclic) bond motifs is 1. The molecule has 0 aromatic heterocycles. The molecule has 3 N–H and O–H groups in total. The number of hydrogen-bond acceptors (Lipinski definition) is 8. The fourth-order valence-electron chi connectivity index (χ4n) is 4.29. The molecule has 0 radical (unpaired) electrons. The normalized spacial score (nSPS) is 23.3. The Hall–Kier alpha value is -4.25. The summed E-state index contributed by atoms with van der Waals surface area (Å²) in [4.78, 5) is 67.8. The van der Waals surface area contributed by atoms with Gasteiger partial charge in [-0.15, -0.1) is 0 Å². The molecule has 36 heavy (non-hydrogen) atoms. The summed E-state index contributed by atoms with van der Waals surface area (Å²) in [6.07, 6.45) is 2.58. The first-order chi connectivity index (χ1) is 17.1. The second-order valence-electron chi connectivity index (χ2n) is 8.10. The lowest BCUT2D eigenvalue weighted by Crippen LogP contribution is -2.71.